The van der Waals surface area contributed by atoms with E-state index in [1.807, 2.05) is 42.5 Å². The minimum absolute atomic E-state index is 0.144. The van der Waals surface area contributed by atoms with Gasteiger partial charge in [0.25, 0.3) is 0 Å². The number of carbonyl (C=O) groups excluding carboxylic acids is 2. The van der Waals surface area contributed by atoms with Crippen molar-refractivity contribution in [3.63, 3.8) is 0 Å². The molecule has 0 aliphatic rings. The Hall–Kier alpha value is -3.81. The molecule has 1 unspecified atom stereocenters. The lowest BCUT2D eigenvalue weighted by atomic mass is 10.1. The lowest BCUT2D eigenvalue weighted by molar-refractivity contribution is -0.161. The predicted octanol–water partition coefficient (Wildman–Crippen LogP) is 12.0. The van der Waals surface area contributed by atoms with Crippen molar-refractivity contribution in [2.75, 3.05) is 13.2 Å². The monoisotopic (exact) mass is 766 g/mol. The van der Waals surface area contributed by atoms with Crippen LogP contribution in [0.3, 0.4) is 0 Å². The molecule has 54 heavy (non-hydrogen) atoms. The molecule has 0 saturated heterocycles. The third kappa shape index (κ3) is 41.0. The molecule has 0 heterocycles. The number of carbonyl (C=O) groups is 2. The van der Waals surface area contributed by atoms with E-state index in [1.165, 1.54) is 0 Å². The van der Waals surface area contributed by atoms with Gasteiger partial charge in [0.05, 0.1) is 6.61 Å². The van der Waals surface area contributed by atoms with E-state index in [1.54, 1.807) is 0 Å². The Kier molecular flexibility index (Phi) is 36.2. The average Bonchev–Trinajstić information content (AvgIpc) is 3.14. The van der Waals surface area contributed by atoms with Crippen molar-refractivity contribution in [3.05, 3.63) is 134 Å². The zero-order valence-corrected chi connectivity index (χ0v) is 33.7. The van der Waals surface area contributed by atoms with Crippen molar-refractivity contribution in [1.29, 1.82) is 0 Å². The molecule has 0 aromatic carbocycles. The topological polar surface area (TPSA) is 119 Å². The van der Waals surface area contributed by atoms with Gasteiger partial charge in [0, 0.05) is 12.8 Å². The zero-order chi connectivity index (χ0) is 39.6. The Bertz CT molecular complexity index is 1320. The third-order valence-corrected chi connectivity index (χ3v) is 7.74. The highest BCUT2D eigenvalue weighted by molar-refractivity contribution is 7.46. The summed E-state index contributed by atoms with van der Waals surface area (Å²) in [5.41, 5.74) is 0. The van der Waals surface area contributed by atoms with Gasteiger partial charge in [-0.3, -0.25) is 14.1 Å². The van der Waals surface area contributed by atoms with Crippen LogP contribution in [0.2, 0.25) is 0 Å². The number of esters is 2. The number of allylic oxidation sites excluding steroid dienone is 22. The summed E-state index contributed by atoms with van der Waals surface area (Å²) in [5, 5.41) is 0. The summed E-state index contributed by atoms with van der Waals surface area (Å²) in [7, 11) is -4.79. The lowest BCUT2D eigenvalue weighted by Gasteiger charge is -2.18. The number of phosphoric acid groups is 1. The van der Waals surface area contributed by atoms with E-state index in [0.29, 0.717) is 19.3 Å². The molecular weight excluding hydrogens is 699 g/mol. The fraction of sp³-hybridized carbons (Fsp3) is 0.467. The van der Waals surface area contributed by atoms with Gasteiger partial charge in [-0.1, -0.05) is 154 Å². The molecular formula is C45H67O8P. The van der Waals surface area contributed by atoms with E-state index in [9.17, 15) is 14.2 Å². The Morgan fingerprint density at radius 1 is 0.500 bits per heavy atom. The van der Waals surface area contributed by atoms with E-state index < -0.39 is 32.5 Å². The van der Waals surface area contributed by atoms with Gasteiger partial charge in [-0.2, -0.15) is 0 Å². The maximum absolute atomic E-state index is 12.3. The van der Waals surface area contributed by atoms with Crippen LogP contribution in [0.5, 0.6) is 0 Å². The molecule has 0 spiro atoms. The number of rotatable bonds is 33. The van der Waals surface area contributed by atoms with Gasteiger partial charge in [0.2, 0.25) is 0 Å². The van der Waals surface area contributed by atoms with Crippen LogP contribution in [0.15, 0.2) is 134 Å². The maximum atomic E-state index is 12.3. The molecule has 1 atom stereocenters. The number of ether oxygens (including phenoxy) is 2. The molecule has 0 saturated carbocycles. The molecule has 0 bridgehead atoms. The molecule has 9 heteroatoms. The minimum Gasteiger partial charge on any atom is -0.462 e. The van der Waals surface area contributed by atoms with Crippen LogP contribution < -0.4 is 0 Å². The van der Waals surface area contributed by atoms with E-state index >= 15 is 0 Å². The van der Waals surface area contributed by atoms with Crippen LogP contribution >= 0.6 is 7.82 Å². The van der Waals surface area contributed by atoms with E-state index in [0.717, 1.165) is 70.6 Å². The lowest BCUT2D eigenvalue weighted by Crippen LogP contribution is -2.29. The van der Waals surface area contributed by atoms with Crippen LogP contribution in [0.25, 0.3) is 0 Å². The highest BCUT2D eigenvalue weighted by Crippen LogP contribution is 2.35. The minimum atomic E-state index is -4.79. The first-order chi connectivity index (χ1) is 26.3. The van der Waals surface area contributed by atoms with Gasteiger partial charge in [-0.15, -0.1) is 0 Å². The Morgan fingerprint density at radius 2 is 0.944 bits per heavy atom. The zero-order valence-electron chi connectivity index (χ0n) is 32.8. The summed E-state index contributed by atoms with van der Waals surface area (Å²) in [6.45, 7) is 3.31. The second kappa shape index (κ2) is 38.9. The molecule has 0 amide bonds. The van der Waals surface area contributed by atoms with E-state index in [2.05, 4.69) is 110 Å². The summed E-state index contributed by atoms with van der Waals surface area (Å²) in [6, 6.07) is 0. The molecule has 0 aromatic heterocycles. The predicted molar refractivity (Wildman–Crippen MR) is 225 cm³/mol. The van der Waals surface area contributed by atoms with Crippen LogP contribution in [0.4, 0.5) is 0 Å². The van der Waals surface area contributed by atoms with Crippen LogP contribution in [-0.2, 0) is 28.2 Å². The Balaban J connectivity index is 4.15. The molecule has 300 valence electrons. The Morgan fingerprint density at radius 3 is 1.46 bits per heavy atom. The second-order valence-electron chi connectivity index (χ2n) is 12.2. The number of hydrogen-bond donors (Lipinski definition) is 2. The van der Waals surface area contributed by atoms with Crippen molar-refractivity contribution in [1.82, 2.24) is 0 Å². The quantitative estimate of drug-likeness (QED) is 0.0223. The fourth-order valence-electron chi connectivity index (χ4n) is 4.43. The average molecular weight is 767 g/mol. The summed E-state index contributed by atoms with van der Waals surface area (Å²) < 4.78 is 26.2. The van der Waals surface area contributed by atoms with Gasteiger partial charge in [0.1, 0.15) is 6.61 Å². The molecule has 2 N–H and O–H groups in total. The van der Waals surface area contributed by atoms with Gasteiger partial charge >= 0.3 is 19.8 Å². The molecule has 0 rings (SSSR count). The van der Waals surface area contributed by atoms with Gasteiger partial charge in [-0.25, -0.2) is 4.57 Å². The fourth-order valence-corrected chi connectivity index (χ4v) is 4.79. The maximum Gasteiger partial charge on any atom is 0.469 e. The van der Waals surface area contributed by atoms with Crippen molar-refractivity contribution in [2.45, 2.75) is 123 Å². The SMILES string of the molecule is CC/C=C/C=C/C=C/C=C/CCCCCC(=O)OC(COC(=O)CCC/C=C/C/C=C/C/C=C/C/C=C/C/C=C/C/C=C/C/C=C/CC)COP(=O)(O)O. The first-order valence-corrected chi connectivity index (χ1v) is 21.1. The normalized spacial score (nSPS) is 13.9. The van der Waals surface area contributed by atoms with Gasteiger partial charge in [-0.05, 0) is 83.5 Å². The van der Waals surface area contributed by atoms with Gasteiger partial charge < -0.3 is 19.3 Å². The smallest absolute Gasteiger partial charge is 0.462 e. The van der Waals surface area contributed by atoms with Crippen LogP contribution in [0.1, 0.15) is 117 Å². The Labute approximate surface area is 326 Å². The molecule has 0 aliphatic heterocycles. The molecule has 0 aromatic rings. The first kappa shape index (κ1) is 50.2. The molecule has 0 aliphatic carbocycles. The molecule has 8 nitrogen and oxygen atoms in total. The van der Waals surface area contributed by atoms with Crippen molar-refractivity contribution in [2.24, 2.45) is 0 Å². The van der Waals surface area contributed by atoms with Gasteiger partial charge in [0.15, 0.2) is 6.10 Å². The molecule has 0 fully saturated rings. The van der Waals surface area contributed by atoms with Crippen molar-refractivity contribution < 1.29 is 37.9 Å². The van der Waals surface area contributed by atoms with Crippen LogP contribution in [0, 0.1) is 0 Å². The highest BCUT2D eigenvalue weighted by Gasteiger charge is 2.22. The van der Waals surface area contributed by atoms with Crippen molar-refractivity contribution >= 4 is 19.8 Å². The number of hydrogen-bond acceptors (Lipinski definition) is 6. The number of phosphoric ester groups is 1. The highest BCUT2D eigenvalue weighted by atomic mass is 31.2. The van der Waals surface area contributed by atoms with E-state index in [-0.39, 0.29) is 19.4 Å². The largest absolute Gasteiger partial charge is 0.469 e. The van der Waals surface area contributed by atoms with Crippen LogP contribution in [-0.4, -0.2) is 41.0 Å². The van der Waals surface area contributed by atoms with Crippen molar-refractivity contribution in [3.8, 4) is 0 Å². The summed E-state index contributed by atoms with van der Waals surface area (Å²) in [6.07, 6.45) is 57.6. The summed E-state index contributed by atoms with van der Waals surface area (Å²) in [5.74, 6) is -1.02. The van der Waals surface area contributed by atoms with E-state index in [4.69, 9.17) is 19.3 Å². The second-order valence-corrected chi connectivity index (χ2v) is 13.5. The summed E-state index contributed by atoms with van der Waals surface area (Å²) in [4.78, 5) is 42.7. The molecule has 0 radical (unpaired) electrons. The third-order valence-electron chi connectivity index (χ3n) is 7.26. The number of unbranched alkanes of at least 4 members (excludes halogenated alkanes) is 4. The summed E-state index contributed by atoms with van der Waals surface area (Å²) >= 11 is 0. The standard InChI is InChI=1S/C45H67O8P/c1-3-5-7-9-11-13-15-17-18-19-20-21-22-23-24-25-26-28-29-31-33-35-37-39-44(46)51-41-43(42-52-54(48,49)50)53-45(47)40-38-36-34-32-30-27-16-14-12-10-8-6-4-2/h5-8,10-14,16-18,20-21,23-24,26-28,30-31,33,43H,3-4,9,15,19,22,25,29,32,34-42H2,1-2H3,(H2,48,49,50)/b7-5+,8-6+,12-10+,13-11+,16-14+,18-17+,21-20+,24-23+,28-26+,30-27+,33-31+. The first-order valence-electron chi connectivity index (χ1n) is 19.5.